The molecular weight excluding hydrogens is 404 g/mol. The Morgan fingerprint density at radius 2 is 1.39 bits per heavy atom. The zero-order valence-corrected chi connectivity index (χ0v) is 18.9. The maximum absolute atomic E-state index is 13.4. The molecule has 31 heavy (non-hydrogen) atoms. The lowest BCUT2D eigenvalue weighted by Gasteiger charge is -2.41. The predicted octanol–water partition coefficient (Wildman–Crippen LogP) is 5.85. The fourth-order valence-electron chi connectivity index (χ4n) is 4.47. The standard InChI is InChI=1S/C27H30N2O.ClH/c1-22(21-23-11-5-2-6-12-23)28-19-17-26(18-20-28)29(25-15-9-4-10-16-25)27(30)24-13-7-3-8-14-24;/h2-16,22,26H,17-21H2,1H3;1H. The van der Waals surface area contributed by atoms with Crippen LogP contribution in [0.1, 0.15) is 35.7 Å². The third-order valence-corrected chi connectivity index (χ3v) is 6.14. The second-order valence-corrected chi connectivity index (χ2v) is 8.18. The molecule has 1 fully saturated rings. The SMILES string of the molecule is CC(Cc1ccccc1)N1CCC(N(C(=O)c2ccccc2)c2ccccc2)CC1.Cl. The molecule has 3 aromatic carbocycles. The van der Waals surface area contributed by atoms with E-state index in [1.807, 2.05) is 65.6 Å². The fraction of sp³-hybridized carbons (Fsp3) is 0.296. The van der Waals surface area contributed by atoms with E-state index >= 15 is 0 Å². The summed E-state index contributed by atoms with van der Waals surface area (Å²) in [6.07, 6.45) is 3.05. The van der Waals surface area contributed by atoms with E-state index in [1.54, 1.807) is 0 Å². The summed E-state index contributed by atoms with van der Waals surface area (Å²) in [4.78, 5) is 18.0. The van der Waals surface area contributed by atoms with Gasteiger partial charge < -0.3 is 9.80 Å². The van der Waals surface area contributed by atoms with Crippen molar-refractivity contribution in [3.8, 4) is 0 Å². The summed E-state index contributed by atoms with van der Waals surface area (Å²) < 4.78 is 0. The Morgan fingerprint density at radius 1 is 0.871 bits per heavy atom. The van der Waals surface area contributed by atoms with Crippen molar-refractivity contribution in [3.05, 3.63) is 102 Å². The number of likely N-dealkylation sites (tertiary alicyclic amines) is 1. The van der Waals surface area contributed by atoms with Crippen molar-refractivity contribution in [2.45, 2.75) is 38.3 Å². The van der Waals surface area contributed by atoms with E-state index in [4.69, 9.17) is 0 Å². The number of hydrogen-bond acceptors (Lipinski definition) is 2. The molecule has 1 heterocycles. The van der Waals surface area contributed by atoms with Crippen LogP contribution >= 0.6 is 12.4 Å². The third-order valence-electron chi connectivity index (χ3n) is 6.14. The minimum absolute atomic E-state index is 0. The highest BCUT2D eigenvalue weighted by atomic mass is 35.5. The van der Waals surface area contributed by atoms with Gasteiger partial charge in [-0.15, -0.1) is 12.4 Å². The second kappa shape index (κ2) is 11.1. The van der Waals surface area contributed by atoms with Gasteiger partial charge in [0.15, 0.2) is 0 Å². The van der Waals surface area contributed by atoms with E-state index in [9.17, 15) is 4.79 Å². The molecule has 1 aliphatic rings. The molecule has 0 spiro atoms. The van der Waals surface area contributed by atoms with Crippen LogP contribution in [0.25, 0.3) is 0 Å². The van der Waals surface area contributed by atoms with Crippen LogP contribution in [0.15, 0.2) is 91.0 Å². The summed E-state index contributed by atoms with van der Waals surface area (Å²) >= 11 is 0. The topological polar surface area (TPSA) is 23.6 Å². The summed E-state index contributed by atoms with van der Waals surface area (Å²) in [6, 6.07) is 31.2. The van der Waals surface area contributed by atoms with Crippen LogP contribution in [0.2, 0.25) is 0 Å². The number of para-hydroxylation sites is 1. The molecule has 0 bridgehead atoms. The number of benzene rings is 3. The largest absolute Gasteiger partial charge is 0.305 e. The molecule has 162 valence electrons. The molecule has 1 unspecified atom stereocenters. The Hall–Kier alpha value is -2.62. The molecule has 4 heteroatoms. The van der Waals surface area contributed by atoms with E-state index in [1.165, 1.54) is 5.56 Å². The lowest BCUT2D eigenvalue weighted by Crippen LogP contribution is -2.50. The first-order valence-electron chi connectivity index (χ1n) is 10.9. The highest BCUT2D eigenvalue weighted by Crippen LogP contribution is 2.27. The van der Waals surface area contributed by atoms with Gasteiger partial charge in [0, 0.05) is 36.4 Å². The Morgan fingerprint density at radius 3 is 1.97 bits per heavy atom. The summed E-state index contributed by atoms with van der Waals surface area (Å²) in [7, 11) is 0. The number of halogens is 1. The van der Waals surface area contributed by atoms with Crippen molar-refractivity contribution in [2.75, 3.05) is 18.0 Å². The van der Waals surface area contributed by atoms with Gasteiger partial charge in [0.1, 0.15) is 0 Å². The summed E-state index contributed by atoms with van der Waals surface area (Å²) in [5.41, 5.74) is 3.13. The van der Waals surface area contributed by atoms with Gasteiger partial charge in [0.25, 0.3) is 5.91 Å². The number of nitrogens with zero attached hydrogens (tertiary/aromatic N) is 2. The van der Waals surface area contributed by atoms with Gasteiger partial charge in [0.05, 0.1) is 0 Å². The van der Waals surface area contributed by atoms with E-state index < -0.39 is 0 Å². The summed E-state index contributed by atoms with van der Waals surface area (Å²) in [6.45, 7) is 4.35. The number of anilines is 1. The third kappa shape index (κ3) is 5.75. The molecule has 4 rings (SSSR count). The number of carbonyl (C=O) groups is 1. The van der Waals surface area contributed by atoms with Crippen LogP contribution in [-0.2, 0) is 6.42 Å². The van der Waals surface area contributed by atoms with Gasteiger partial charge in [0.2, 0.25) is 0 Å². The van der Waals surface area contributed by atoms with Crippen molar-refractivity contribution < 1.29 is 4.79 Å². The smallest absolute Gasteiger partial charge is 0.258 e. The highest BCUT2D eigenvalue weighted by molar-refractivity contribution is 6.06. The van der Waals surface area contributed by atoms with Crippen molar-refractivity contribution in [1.29, 1.82) is 0 Å². The zero-order valence-electron chi connectivity index (χ0n) is 18.1. The van der Waals surface area contributed by atoms with E-state index in [0.29, 0.717) is 6.04 Å². The fourth-order valence-corrected chi connectivity index (χ4v) is 4.47. The second-order valence-electron chi connectivity index (χ2n) is 8.18. The molecule has 0 aromatic heterocycles. The van der Waals surface area contributed by atoms with Gasteiger partial charge in [-0.1, -0.05) is 66.7 Å². The quantitative estimate of drug-likeness (QED) is 0.485. The lowest BCUT2D eigenvalue weighted by molar-refractivity contribution is 0.0950. The first-order chi connectivity index (χ1) is 14.7. The average Bonchev–Trinajstić information content (AvgIpc) is 2.81. The highest BCUT2D eigenvalue weighted by Gasteiger charge is 2.31. The maximum atomic E-state index is 13.4. The Balaban J connectivity index is 0.00000272. The van der Waals surface area contributed by atoms with E-state index in [-0.39, 0.29) is 24.4 Å². The molecule has 0 aliphatic carbocycles. The van der Waals surface area contributed by atoms with Gasteiger partial charge in [-0.3, -0.25) is 4.79 Å². The minimum Gasteiger partial charge on any atom is -0.305 e. The number of hydrogen-bond donors (Lipinski definition) is 0. The first kappa shape index (κ1) is 23.1. The predicted molar refractivity (Wildman–Crippen MR) is 131 cm³/mol. The Bertz CT molecular complexity index is 925. The minimum atomic E-state index is 0. The van der Waals surface area contributed by atoms with Crippen molar-refractivity contribution in [1.82, 2.24) is 4.90 Å². The number of piperidine rings is 1. The Kier molecular flexibility index (Phi) is 8.27. The zero-order chi connectivity index (χ0) is 20.8. The molecule has 0 N–H and O–H groups in total. The molecule has 3 nitrogen and oxygen atoms in total. The first-order valence-corrected chi connectivity index (χ1v) is 10.9. The molecule has 0 radical (unpaired) electrons. The van der Waals surface area contributed by atoms with Crippen LogP contribution in [0, 0.1) is 0 Å². The van der Waals surface area contributed by atoms with Gasteiger partial charge in [-0.25, -0.2) is 0 Å². The summed E-state index contributed by atoms with van der Waals surface area (Å²) in [5.74, 6) is 0.0950. The van der Waals surface area contributed by atoms with E-state index in [2.05, 4.69) is 42.2 Å². The normalized spacial score (nSPS) is 15.6. The Labute approximate surface area is 192 Å². The lowest BCUT2D eigenvalue weighted by atomic mass is 9.98. The van der Waals surface area contributed by atoms with Gasteiger partial charge >= 0.3 is 0 Å². The van der Waals surface area contributed by atoms with Crippen molar-refractivity contribution >= 4 is 24.0 Å². The van der Waals surface area contributed by atoms with Crippen LogP contribution in [-0.4, -0.2) is 36.0 Å². The molecule has 3 aromatic rings. The molecule has 1 amide bonds. The molecule has 1 saturated heterocycles. The van der Waals surface area contributed by atoms with Crippen molar-refractivity contribution in [3.63, 3.8) is 0 Å². The monoisotopic (exact) mass is 434 g/mol. The van der Waals surface area contributed by atoms with Crippen LogP contribution < -0.4 is 4.90 Å². The number of amides is 1. The van der Waals surface area contributed by atoms with Crippen molar-refractivity contribution in [2.24, 2.45) is 0 Å². The summed E-state index contributed by atoms with van der Waals surface area (Å²) in [5, 5.41) is 0. The molecule has 1 aliphatic heterocycles. The van der Waals surface area contributed by atoms with Crippen LogP contribution in [0.3, 0.4) is 0 Å². The van der Waals surface area contributed by atoms with E-state index in [0.717, 1.165) is 43.6 Å². The van der Waals surface area contributed by atoms with Crippen LogP contribution in [0.4, 0.5) is 5.69 Å². The molecule has 1 atom stereocenters. The average molecular weight is 435 g/mol. The van der Waals surface area contributed by atoms with Gasteiger partial charge in [-0.2, -0.15) is 0 Å². The maximum Gasteiger partial charge on any atom is 0.258 e. The molecular formula is C27H31ClN2O. The number of rotatable bonds is 6. The van der Waals surface area contributed by atoms with Crippen LogP contribution in [0.5, 0.6) is 0 Å². The number of carbonyl (C=O) groups excluding carboxylic acids is 1. The van der Waals surface area contributed by atoms with Gasteiger partial charge in [-0.05, 0) is 56.0 Å². The molecule has 0 saturated carbocycles.